The number of aliphatic imine (C=N–C) groups is 1. The van der Waals surface area contributed by atoms with E-state index < -0.39 is 0 Å². The lowest BCUT2D eigenvalue weighted by Gasteiger charge is -2.24. The molecule has 0 fully saturated rings. The SMILES string of the molecule is C[C@H](N=C(NC#N)Nc1ccccc1)C(C)(C)C. The zero-order valence-corrected chi connectivity index (χ0v) is 11.4. The summed E-state index contributed by atoms with van der Waals surface area (Å²) in [5, 5.41) is 14.4. The fraction of sp³-hybridized carbons (Fsp3) is 0.429. The molecule has 4 heteroatoms. The highest BCUT2D eigenvalue weighted by molar-refractivity contribution is 5.94. The van der Waals surface area contributed by atoms with Crippen molar-refractivity contribution in [2.24, 2.45) is 10.4 Å². The van der Waals surface area contributed by atoms with Crippen molar-refractivity contribution in [3.63, 3.8) is 0 Å². The van der Waals surface area contributed by atoms with Gasteiger partial charge in [-0.3, -0.25) is 5.32 Å². The number of para-hydroxylation sites is 1. The van der Waals surface area contributed by atoms with Crippen molar-refractivity contribution in [2.45, 2.75) is 33.7 Å². The third kappa shape index (κ3) is 4.46. The summed E-state index contributed by atoms with van der Waals surface area (Å²) in [5.74, 6) is 0.478. The van der Waals surface area contributed by atoms with Gasteiger partial charge in [0.2, 0.25) is 5.96 Å². The van der Waals surface area contributed by atoms with Crippen LogP contribution < -0.4 is 10.6 Å². The predicted molar refractivity (Wildman–Crippen MR) is 75.2 cm³/mol. The number of benzene rings is 1. The molecule has 0 heterocycles. The molecule has 96 valence electrons. The van der Waals surface area contributed by atoms with Gasteiger partial charge >= 0.3 is 0 Å². The van der Waals surface area contributed by atoms with Crippen molar-refractivity contribution in [1.82, 2.24) is 5.32 Å². The van der Waals surface area contributed by atoms with Crippen LogP contribution in [0, 0.1) is 16.9 Å². The van der Waals surface area contributed by atoms with Crippen molar-refractivity contribution in [1.29, 1.82) is 5.26 Å². The maximum atomic E-state index is 8.75. The molecule has 0 aliphatic heterocycles. The Kier molecular flexibility index (Phi) is 4.73. The second-order valence-electron chi connectivity index (χ2n) is 5.25. The second kappa shape index (κ2) is 6.06. The minimum absolute atomic E-state index is 0.0563. The summed E-state index contributed by atoms with van der Waals surface area (Å²) in [6.07, 6.45) is 1.90. The quantitative estimate of drug-likeness (QED) is 0.364. The topological polar surface area (TPSA) is 60.2 Å². The van der Waals surface area contributed by atoms with Crippen molar-refractivity contribution >= 4 is 11.6 Å². The molecule has 1 rings (SSSR count). The Labute approximate surface area is 109 Å². The standard InChI is InChI=1S/C14H20N4/c1-11(14(2,3)4)17-13(16-10-15)18-12-8-6-5-7-9-12/h5-9,11H,1-4H3,(H2,16,17,18)/t11-/m0/s1. The van der Waals surface area contributed by atoms with E-state index in [-0.39, 0.29) is 11.5 Å². The fourth-order valence-electron chi connectivity index (χ4n) is 1.19. The largest absolute Gasteiger partial charge is 0.326 e. The molecule has 18 heavy (non-hydrogen) atoms. The minimum atomic E-state index is 0.0563. The maximum absolute atomic E-state index is 8.75. The normalized spacial score (nSPS) is 13.6. The van der Waals surface area contributed by atoms with E-state index in [0.717, 1.165) is 5.69 Å². The van der Waals surface area contributed by atoms with Gasteiger partial charge in [0, 0.05) is 5.69 Å². The van der Waals surface area contributed by atoms with Gasteiger partial charge in [-0.25, -0.2) is 4.99 Å². The van der Waals surface area contributed by atoms with E-state index in [0.29, 0.717) is 5.96 Å². The Bertz CT molecular complexity index is 437. The van der Waals surface area contributed by atoms with E-state index in [9.17, 15) is 0 Å². The van der Waals surface area contributed by atoms with Crippen LogP contribution >= 0.6 is 0 Å². The number of nitrogens with zero attached hydrogens (tertiary/aromatic N) is 2. The van der Waals surface area contributed by atoms with Crippen molar-refractivity contribution < 1.29 is 0 Å². The van der Waals surface area contributed by atoms with E-state index >= 15 is 0 Å². The zero-order chi connectivity index (χ0) is 13.6. The molecular formula is C14H20N4. The molecule has 0 amide bonds. The first-order valence-corrected chi connectivity index (χ1v) is 5.98. The van der Waals surface area contributed by atoms with Crippen LogP contribution in [-0.4, -0.2) is 12.0 Å². The van der Waals surface area contributed by atoms with Gasteiger partial charge in [-0.15, -0.1) is 0 Å². The maximum Gasteiger partial charge on any atom is 0.209 e. The van der Waals surface area contributed by atoms with Crippen LogP contribution in [0.15, 0.2) is 35.3 Å². The van der Waals surface area contributed by atoms with E-state index in [2.05, 4.69) is 36.4 Å². The van der Waals surface area contributed by atoms with E-state index in [1.54, 1.807) is 0 Å². The number of guanidine groups is 1. The van der Waals surface area contributed by atoms with Gasteiger partial charge < -0.3 is 5.32 Å². The molecule has 2 N–H and O–H groups in total. The molecule has 1 atom stereocenters. The number of rotatable bonds is 2. The zero-order valence-electron chi connectivity index (χ0n) is 11.4. The molecule has 4 nitrogen and oxygen atoms in total. The van der Waals surface area contributed by atoms with Crippen LogP contribution in [0.4, 0.5) is 5.69 Å². The molecule has 1 aromatic carbocycles. The highest BCUT2D eigenvalue weighted by Gasteiger charge is 2.19. The van der Waals surface area contributed by atoms with Crippen molar-refractivity contribution in [2.75, 3.05) is 5.32 Å². The molecule has 0 aromatic heterocycles. The first kappa shape index (κ1) is 14.0. The molecule has 0 radical (unpaired) electrons. The van der Waals surface area contributed by atoms with Crippen LogP contribution in [0.1, 0.15) is 27.7 Å². The Morgan fingerprint density at radius 3 is 2.39 bits per heavy atom. The first-order chi connectivity index (χ1) is 8.43. The monoisotopic (exact) mass is 244 g/mol. The highest BCUT2D eigenvalue weighted by Crippen LogP contribution is 2.21. The summed E-state index contributed by atoms with van der Waals surface area (Å²) in [6.45, 7) is 8.39. The summed E-state index contributed by atoms with van der Waals surface area (Å²) in [5.41, 5.74) is 0.959. The summed E-state index contributed by atoms with van der Waals surface area (Å²) >= 11 is 0. The Morgan fingerprint density at radius 1 is 1.28 bits per heavy atom. The lowest BCUT2D eigenvalue weighted by molar-refractivity contribution is 0.341. The highest BCUT2D eigenvalue weighted by atomic mass is 15.2. The molecule has 0 unspecified atom stereocenters. The van der Waals surface area contributed by atoms with E-state index in [1.165, 1.54) is 0 Å². The Balaban J connectivity index is 2.84. The smallest absolute Gasteiger partial charge is 0.209 e. The van der Waals surface area contributed by atoms with Gasteiger partial charge in [-0.1, -0.05) is 39.0 Å². The lowest BCUT2D eigenvalue weighted by atomic mass is 9.88. The summed E-state index contributed by atoms with van der Waals surface area (Å²) in [4.78, 5) is 4.50. The lowest BCUT2D eigenvalue weighted by Crippen LogP contribution is -2.31. The molecule has 0 bridgehead atoms. The number of nitriles is 1. The second-order valence-corrected chi connectivity index (χ2v) is 5.25. The van der Waals surface area contributed by atoms with Gasteiger partial charge in [0.25, 0.3) is 0 Å². The molecular weight excluding hydrogens is 224 g/mol. The third-order valence-electron chi connectivity index (χ3n) is 2.79. The molecule has 0 aliphatic rings. The Hall–Kier alpha value is -2.02. The summed E-state index contributed by atoms with van der Waals surface area (Å²) in [6, 6.07) is 9.76. The van der Waals surface area contributed by atoms with Crippen LogP contribution in [0.25, 0.3) is 0 Å². The van der Waals surface area contributed by atoms with Crippen LogP contribution in [0.2, 0.25) is 0 Å². The van der Waals surface area contributed by atoms with Crippen LogP contribution in [0.3, 0.4) is 0 Å². The Morgan fingerprint density at radius 2 is 1.89 bits per heavy atom. The predicted octanol–water partition coefficient (Wildman–Crippen LogP) is 2.96. The fourth-order valence-corrected chi connectivity index (χ4v) is 1.19. The molecule has 0 saturated carbocycles. The van der Waals surface area contributed by atoms with Crippen LogP contribution in [0.5, 0.6) is 0 Å². The number of hydrogen-bond acceptors (Lipinski definition) is 2. The molecule has 1 aromatic rings. The molecule has 0 spiro atoms. The van der Waals surface area contributed by atoms with Crippen molar-refractivity contribution in [3.05, 3.63) is 30.3 Å². The first-order valence-electron chi connectivity index (χ1n) is 5.98. The van der Waals surface area contributed by atoms with Crippen LogP contribution in [-0.2, 0) is 0 Å². The summed E-state index contributed by atoms with van der Waals surface area (Å²) in [7, 11) is 0. The third-order valence-corrected chi connectivity index (χ3v) is 2.79. The van der Waals surface area contributed by atoms with Gasteiger partial charge in [0.1, 0.15) is 0 Å². The average Bonchev–Trinajstić information content (AvgIpc) is 2.29. The number of nitrogens with one attached hydrogen (secondary N) is 2. The van der Waals surface area contributed by atoms with Crippen molar-refractivity contribution in [3.8, 4) is 6.19 Å². The van der Waals surface area contributed by atoms with Gasteiger partial charge in [-0.2, -0.15) is 5.26 Å². The minimum Gasteiger partial charge on any atom is -0.326 e. The van der Waals surface area contributed by atoms with Gasteiger partial charge in [-0.05, 0) is 24.5 Å². The number of anilines is 1. The van der Waals surface area contributed by atoms with E-state index in [4.69, 9.17) is 5.26 Å². The average molecular weight is 244 g/mol. The molecule has 0 aliphatic carbocycles. The molecule has 0 saturated heterocycles. The summed E-state index contributed by atoms with van der Waals surface area (Å²) < 4.78 is 0. The van der Waals surface area contributed by atoms with E-state index in [1.807, 2.05) is 43.4 Å². The van der Waals surface area contributed by atoms with Gasteiger partial charge in [0.15, 0.2) is 6.19 Å². The number of hydrogen-bond donors (Lipinski definition) is 2. The van der Waals surface area contributed by atoms with Gasteiger partial charge in [0.05, 0.1) is 6.04 Å².